The highest BCUT2D eigenvalue weighted by Crippen LogP contribution is 2.26. The van der Waals surface area contributed by atoms with E-state index >= 15 is 0 Å². The first-order valence-electron chi connectivity index (χ1n) is 5.72. The molecule has 0 amide bonds. The summed E-state index contributed by atoms with van der Waals surface area (Å²) >= 11 is 6.16. The minimum atomic E-state index is 0.625. The van der Waals surface area contributed by atoms with Gasteiger partial charge in [-0.1, -0.05) is 24.9 Å². The number of hydrogen-bond acceptors (Lipinski definition) is 2. The molecule has 0 bridgehead atoms. The predicted octanol–water partition coefficient (Wildman–Crippen LogP) is 3.78. The van der Waals surface area contributed by atoms with Crippen LogP contribution in [0.1, 0.15) is 37.0 Å². The number of carbonyl (C=O) groups excluding carboxylic acids is 1. The maximum atomic E-state index is 10.6. The number of anilines is 1. The number of aldehydes is 1. The van der Waals surface area contributed by atoms with Crippen LogP contribution >= 0.6 is 11.6 Å². The summed E-state index contributed by atoms with van der Waals surface area (Å²) in [7, 11) is 0. The molecule has 0 aliphatic heterocycles. The molecule has 1 aromatic rings. The van der Waals surface area contributed by atoms with Gasteiger partial charge in [0, 0.05) is 18.7 Å². The van der Waals surface area contributed by atoms with E-state index in [1.165, 1.54) is 6.42 Å². The molecule has 0 radical (unpaired) electrons. The van der Waals surface area contributed by atoms with Gasteiger partial charge in [-0.2, -0.15) is 0 Å². The fourth-order valence-corrected chi connectivity index (χ4v) is 1.96. The lowest BCUT2D eigenvalue weighted by Gasteiger charge is -2.24. The predicted molar refractivity (Wildman–Crippen MR) is 69.6 cm³/mol. The molecule has 0 aromatic heterocycles. The highest BCUT2D eigenvalue weighted by atomic mass is 35.5. The van der Waals surface area contributed by atoms with Crippen molar-refractivity contribution >= 4 is 23.6 Å². The van der Waals surface area contributed by atoms with Gasteiger partial charge in [0.05, 0.1) is 10.7 Å². The zero-order chi connectivity index (χ0) is 12.0. The van der Waals surface area contributed by atoms with Crippen LogP contribution in [0.2, 0.25) is 5.02 Å². The van der Waals surface area contributed by atoms with E-state index in [9.17, 15) is 4.79 Å². The van der Waals surface area contributed by atoms with Crippen molar-refractivity contribution in [3.63, 3.8) is 0 Å². The zero-order valence-corrected chi connectivity index (χ0v) is 10.6. The van der Waals surface area contributed by atoms with Crippen molar-refractivity contribution in [2.45, 2.75) is 26.7 Å². The smallest absolute Gasteiger partial charge is 0.150 e. The van der Waals surface area contributed by atoms with Crippen molar-refractivity contribution in [1.29, 1.82) is 0 Å². The number of rotatable bonds is 6. The van der Waals surface area contributed by atoms with Crippen molar-refractivity contribution in [2.24, 2.45) is 0 Å². The first kappa shape index (κ1) is 13.0. The molecule has 1 rings (SSSR count). The molecule has 16 heavy (non-hydrogen) atoms. The normalized spacial score (nSPS) is 10.2. The molecule has 0 heterocycles. The van der Waals surface area contributed by atoms with Crippen LogP contribution in [0.25, 0.3) is 0 Å². The van der Waals surface area contributed by atoms with Gasteiger partial charge in [-0.25, -0.2) is 0 Å². The highest BCUT2D eigenvalue weighted by Gasteiger charge is 2.08. The number of carbonyl (C=O) groups is 1. The van der Waals surface area contributed by atoms with Crippen LogP contribution in [-0.2, 0) is 0 Å². The Labute approximate surface area is 102 Å². The van der Waals surface area contributed by atoms with Gasteiger partial charge in [-0.05, 0) is 31.5 Å². The average Bonchev–Trinajstić information content (AvgIpc) is 2.31. The standard InChI is InChI=1S/C13H18ClNO/c1-3-5-8-15(4-2)13-7-6-11(10-16)9-12(13)14/h6-7,9-10H,3-5,8H2,1-2H3. The third kappa shape index (κ3) is 3.24. The van der Waals surface area contributed by atoms with Crippen molar-refractivity contribution in [2.75, 3.05) is 18.0 Å². The summed E-state index contributed by atoms with van der Waals surface area (Å²) in [6.07, 6.45) is 3.14. The summed E-state index contributed by atoms with van der Waals surface area (Å²) in [5, 5.41) is 0.655. The minimum absolute atomic E-state index is 0.625. The molecule has 1 aromatic carbocycles. The Morgan fingerprint density at radius 2 is 2.12 bits per heavy atom. The fraction of sp³-hybridized carbons (Fsp3) is 0.462. The lowest BCUT2D eigenvalue weighted by atomic mass is 10.2. The summed E-state index contributed by atoms with van der Waals surface area (Å²) in [5.74, 6) is 0. The molecule has 0 spiro atoms. The van der Waals surface area contributed by atoms with Gasteiger partial charge in [0.1, 0.15) is 6.29 Å². The van der Waals surface area contributed by atoms with E-state index in [1.807, 2.05) is 12.1 Å². The third-order valence-corrected chi connectivity index (χ3v) is 2.91. The molecule has 0 aliphatic carbocycles. The monoisotopic (exact) mass is 239 g/mol. The summed E-state index contributed by atoms with van der Waals surface area (Å²) in [5.41, 5.74) is 1.64. The second-order valence-corrected chi connectivity index (χ2v) is 4.17. The molecule has 0 saturated carbocycles. The Bertz CT molecular complexity index is 352. The van der Waals surface area contributed by atoms with Crippen molar-refractivity contribution < 1.29 is 4.79 Å². The van der Waals surface area contributed by atoms with Crippen LogP contribution in [-0.4, -0.2) is 19.4 Å². The second kappa shape index (κ2) is 6.54. The molecule has 0 unspecified atom stereocenters. The van der Waals surface area contributed by atoms with Gasteiger partial charge >= 0.3 is 0 Å². The molecular weight excluding hydrogens is 222 g/mol. The van der Waals surface area contributed by atoms with Crippen LogP contribution in [0, 0.1) is 0 Å². The molecule has 3 heteroatoms. The topological polar surface area (TPSA) is 20.3 Å². The van der Waals surface area contributed by atoms with Crippen molar-refractivity contribution in [1.82, 2.24) is 0 Å². The maximum Gasteiger partial charge on any atom is 0.150 e. The van der Waals surface area contributed by atoms with Crippen molar-refractivity contribution in [3.05, 3.63) is 28.8 Å². The van der Waals surface area contributed by atoms with Crippen molar-refractivity contribution in [3.8, 4) is 0 Å². The van der Waals surface area contributed by atoms with E-state index < -0.39 is 0 Å². The first-order valence-corrected chi connectivity index (χ1v) is 6.10. The molecule has 0 saturated heterocycles. The fourth-order valence-electron chi connectivity index (χ4n) is 1.65. The first-order chi connectivity index (χ1) is 7.72. The molecule has 0 N–H and O–H groups in total. The molecule has 2 nitrogen and oxygen atoms in total. The minimum Gasteiger partial charge on any atom is -0.371 e. The summed E-state index contributed by atoms with van der Waals surface area (Å²) in [6, 6.07) is 5.45. The quantitative estimate of drug-likeness (QED) is 0.705. The lowest BCUT2D eigenvalue weighted by molar-refractivity contribution is 0.112. The lowest BCUT2D eigenvalue weighted by Crippen LogP contribution is -2.24. The molecule has 0 fully saturated rings. The largest absolute Gasteiger partial charge is 0.371 e. The van der Waals surface area contributed by atoms with E-state index in [4.69, 9.17) is 11.6 Å². The Morgan fingerprint density at radius 1 is 1.38 bits per heavy atom. The molecule has 88 valence electrons. The Kier molecular flexibility index (Phi) is 5.33. The number of halogens is 1. The number of nitrogens with zero attached hydrogens (tertiary/aromatic N) is 1. The van der Waals surface area contributed by atoms with E-state index in [-0.39, 0.29) is 0 Å². The van der Waals surface area contributed by atoms with Gasteiger partial charge in [-0.15, -0.1) is 0 Å². The molecular formula is C13H18ClNO. The third-order valence-electron chi connectivity index (χ3n) is 2.61. The Morgan fingerprint density at radius 3 is 2.62 bits per heavy atom. The Hall–Kier alpha value is -1.02. The van der Waals surface area contributed by atoms with Gasteiger partial charge < -0.3 is 4.90 Å². The molecule has 0 atom stereocenters. The second-order valence-electron chi connectivity index (χ2n) is 3.76. The number of hydrogen-bond donors (Lipinski definition) is 0. The van der Waals surface area contributed by atoms with E-state index in [1.54, 1.807) is 6.07 Å². The van der Waals surface area contributed by atoms with Gasteiger partial charge in [0.25, 0.3) is 0 Å². The summed E-state index contributed by atoms with van der Waals surface area (Å²) in [4.78, 5) is 12.8. The number of unbranched alkanes of at least 4 members (excludes halogenated alkanes) is 1. The van der Waals surface area contributed by atoms with Crippen LogP contribution < -0.4 is 4.90 Å². The van der Waals surface area contributed by atoms with E-state index in [0.29, 0.717) is 10.6 Å². The highest BCUT2D eigenvalue weighted by molar-refractivity contribution is 6.33. The SMILES string of the molecule is CCCCN(CC)c1ccc(C=O)cc1Cl. The Balaban J connectivity index is 2.87. The van der Waals surface area contributed by atoms with Crippen LogP contribution in [0.3, 0.4) is 0 Å². The summed E-state index contributed by atoms with van der Waals surface area (Å²) < 4.78 is 0. The number of benzene rings is 1. The van der Waals surface area contributed by atoms with Crippen LogP contribution in [0.5, 0.6) is 0 Å². The zero-order valence-electron chi connectivity index (χ0n) is 9.87. The van der Waals surface area contributed by atoms with Crippen LogP contribution in [0.15, 0.2) is 18.2 Å². The van der Waals surface area contributed by atoms with Crippen LogP contribution in [0.4, 0.5) is 5.69 Å². The van der Waals surface area contributed by atoms with Gasteiger partial charge in [0.15, 0.2) is 0 Å². The average molecular weight is 240 g/mol. The van der Waals surface area contributed by atoms with E-state index in [0.717, 1.165) is 31.5 Å². The van der Waals surface area contributed by atoms with E-state index in [2.05, 4.69) is 18.7 Å². The maximum absolute atomic E-state index is 10.6. The van der Waals surface area contributed by atoms with Gasteiger partial charge in [-0.3, -0.25) is 4.79 Å². The van der Waals surface area contributed by atoms with Gasteiger partial charge in [0.2, 0.25) is 0 Å². The summed E-state index contributed by atoms with van der Waals surface area (Å²) in [6.45, 7) is 6.22. The molecule has 0 aliphatic rings.